The number of Topliss-reactive ketones (excluding diaryl/α,β-unsaturated/α-hetero) is 1. The third kappa shape index (κ3) is 27.7. The third-order valence-electron chi connectivity index (χ3n) is 12.3. The second-order valence-electron chi connectivity index (χ2n) is 16.8. The van der Waals surface area contributed by atoms with Crippen LogP contribution in [0.25, 0.3) is 0 Å². The lowest BCUT2D eigenvalue weighted by atomic mass is 9.95. The van der Waals surface area contributed by atoms with Gasteiger partial charge in [0.05, 0.1) is 12.0 Å². The Morgan fingerprint density at radius 1 is 0.500 bits per heavy atom. The molecule has 1 rings (SSSR count). The second kappa shape index (κ2) is 33.9. The highest BCUT2D eigenvalue weighted by molar-refractivity contribution is 5.80. The Balaban J connectivity index is 1.71. The molecule has 296 valence electrons. The van der Waals surface area contributed by atoms with Crippen molar-refractivity contribution in [1.82, 2.24) is 0 Å². The molecule has 1 saturated carbocycles. The van der Waals surface area contributed by atoms with Crippen molar-refractivity contribution in [3.8, 4) is 0 Å². The minimum Gasteiger partial charge on any atom is -0.481 e. The number of rotatable bonds is 40. The molecular formula is C46H88O4. The Morgan fingerprint density at radius 2 is 0.820 bits per heavy atom. The number of aliphatic carboxylic acids is 1. The van der Waals surface area contributed by atoms with E-state index in [1.807, 2.05) is 6.92 Å². The van der Waals surface area contributed by atoms with Crippen molar-refractivity contribution in [2.75, 3.05) is 0 Å². The molecular weight excluding hydrogens is 617 g/mol. The summed E-state index contributed by atoms with van der Waals surface area (Å²) in [7, 11) is 0. The summed E-state index contributed by atoms with van der Waals surface area (Å²) in [6.45, 7) is 6.02. The van der Waals surface area contributed by atoms with Gasteiger partial charge < -0.3 is 10.2 Å². The maximum atomic E-state index is 11.9. The van der Waals surface area contributed by atoms with Crippen molar-refractivity contribution in [3.05, 3.63) is 0 Å². The number of ketones is 1. The van der Waals surface area contributed by atoms with E-state index >= 15 is 0 Å². The first-order chi connectivity index (χ1) is 24.4. The predicted octanol–water partition coefficient (Wildman–Crippen LogP) is 14.6. The van der Waals surface area contributed by atoms with Crippen LogP contribution >= 0.6 is 0 Å². The number of carboxylic acids is 1. The summed E-state index contributed by atoms with van der Waals surface area (Å²) in [4.78, 5) is 23.0. The molecule has 0 saturated heterocycles. The van der Waals surface area contributed by atoms with Crippen LogP contribution in [0.1, 0.15) is 252 Å². The maximum absolute atomic E-state index is 11.9. The van der Waals surface area contributed by atoms with E-state index in [2.05, 4.69) is 13.8 Å². The fraction of sp³-hybridized carbons (Fsp3) is 0.957. The first kappa shape index (κ1) is 47.1. The Bertz CT molecular complexity index is 765. The molecule has 0 aromatic rings. The van der Waals surface area contributed by atoms with Crippen molar-refractivity contribution in [3.63, 3.8) is 0 Å². The van der Waals surface area contributed by atoms with Gasteiger partial charge in [0.15, 0.2) is 0 Å². The van der Waals surface area contributed by atoms with Gasteiger partial charge in [-0.1, -0.05) is 213 Å². The Morgan fingerprint density at radius 3 is 1.14 bits per heavy atom. The summed E-state index contributed by atoms with van der Waals surface area (Å²) < 4.78 is 0. The van der Waals surface area contributed by atoms with Gasteiger partial charge in [0.25, 0.3) is 0 Å². The van der Waals surface area contributed by atoms with E-state index in [0.29, 0.717) is 18.6 Å². The van der Waals surface area contributed by atoms with Crippen LogP contribution in [0.4, 0.5) is 0 Å². The smallest absolute Gasteiger partial charge is 0.309 e. The van der Waals surface area contributed by atoms with Crippen LogP contribution in [-0.4, -0.2) is 28.1 Å². The Labute approximate surface area is 312 Å². The third-order valence-corrected chi connectivity index (χ3v) is 12.3. The molecule has 0 bridgehead atoms. The van der Waals surface area contributed by atoms with Crippen molar-refractivity contribution < 1.29 is 19.8 Å². The number of aliphatic hydroxyl groups excluding tert-OH is 1. The van der Waals surface area contributed by atoms with Gasteiger partial charge in [-0.3, -0.25) is 9.59 Å². The van der Waals surface area contributed by atoms with Crippen LogP contribution in [0, 0.1) is 23.7 Å². The molecule has 0 amide bonds. The van der Waals surface area contributed by atoms with Crippen LogP contribution in [0.3, 0.4) is 0 Å². The zero-order valence-electron chi connectivity index (χ0n) is 34.1. The first-order valence-corrected chi connectivity index (χ1v) is 22.8. The van der Waals surface area contributed by atoms with Crippen molar-refractivity contribution in [2.45, 2.75) is 258 Å². The molecule has 0 aromatic heterocycles. The highest BCUT2D eigenvalue weighted by Crippen LogP contribution is 2.45. The number of aliphatic hydroxyl groups is 1. The van der Waals surface area contributed by atoms with E-state index in [0.717, 1.165) is 43.9 Å². The monoisotopic (exact) mass is 705 g/mol. The molecule has 1 aliphatic carbocycles. The van der Waals surface area contributed by atoms with Crippen LogP contribution in [0.2, 0.25) is 0 Å². The molecule has 0 radical (unpaired) electrons. The van der Waals surface area contributed by atoms with Crippen LogP contribution < -0.4 is 0 Å². The van der Waals surface area contributed by atoms with Gasteiger partial charge in [0.1, 0.15) is 5.78 Å². The lowest BCUT2D eigenvalue weighted by Gasteiger charge is -2.17. The average molecular weight is 705 g/mol. The summed E-state index contributed by atoms with van der Waals surface area (Å²) in [5, 5.41) is 19.2. The molecule has 0 aliphatic heterocycles. The van der Waals surface area contributed by atoms with Crippen molar-refractivity contribution in [2.24, 2.45) is 23.7 Å². The van der Waals surface area contributed by atoms with Gasteiger partial charge in [0, 0.05) is 12.3 Å². The molecule has 4 heteroatoms. The topological polar surface area (TPSA) is 74.6 Å². The standard InChI is InChI=1S/C46H88O4/c1-4-40(3)44(47)37-33-29-25-21-17-13-9-7-6-8-11-15-19-23-27-31-35-41-39-42(41)36-32-28-24-20-16-12-10-14-18-22-26-30-34-38-45(48)43(5-2)46(49)50/h40-43,45,48H,4-39H2,1-3H3,(H,49,50)/t40?,41-,42+,43+,45+/m0/s1. The van der Waals surface area contributed by atoms with E-state index in [-0.39, 0.29) is 5.92 Å². The van der Waals surface area contributed by atoms with Gasteiger partial charge in [0.2, 0.25) is 0 Å². The number of hydrogen-bond acceptors (Lipinski definition) is 3. The van der Waals surface area contributed by atoms with Gasteiger partial charge >= 0.3 is 5.97 Å². The normalized spacial score (nSPS) is 17.5. The largest absolute Gasteiger partial charge is 0.481 e. The summed E-state index contributed by atoms with van der Waals surface area (Å²) in [5.41, 5.74) is 0. The Kier molecular flexibility index (Phi) is 32.0. The minimum atomic E-state index is -0.862. The summed E-state index contributed by atoms with van der Waals surface area (Å²) in [6, 6.07) is 0. The molecule has 0 spiro atoms. The Hall–Kier alpha value is -0.900. The van der Waals surface area contributed by atoms with E-state index in [9.17, 15) is 14.7 Å². The summed E-state index contributed by atoms with van der Waals surface area (Å²) in [5.74, 6) is 1.44. The van der Waals surface area contributed by atoms with Crippen LogP contribution in [0.5, 0.6) is 0 Å². The molecule has 2 N–H and O–H groups in total. The fourth-order valence-corrected chi connectivity index (χ4v) is 8.19. The zero-order valence-corrected chi connectivity index (χ0v) is 34.1. The first-order valence-electron chi connectivity index (χ1n) is 22.8. The number of carbonyl (C=O) groups is 2. The van der Waals surface area contributed by atoms with Crippen LogP contribution in [0.15, 0.2) is 0 Å². The molecule has 50 heavy (non-hydrogen) atoms. The number of hydrogen-bond donors (Lipinski definition) is 2. The molecule has 5 atom stereocenters. The minimum absolute atomic E-state index is 0.267. The maximum Gasteiger partial charge on any atom is 0.309 e. The molecule has 4 nitrogen and oxygen atoms in total. The predicted molar refractivity (Wildman–Crippen MR) is 216 cm³/mol. The summed E-state index contributed by atoms with van der Waals surface area (Å²) in [6.07, 6.45) is 46.4. The zero-order chi connectivity index (χ0) is 36.5. The van der Waals surface area contributed by atoms with Crippen molar-refractivity contribution in [1.29, 1.82) is 0 Å². The second-order valence-corrected chi connectivity index (χ2v) is 16.8. The van der Waals surface area contributed by atoms with E-state index in [1.165, 1.54) is 186 Å². The summed E-state index contributed by atoms with van der Waals surface area (Å²) >= 11 is 0. The van der Waals surface area contributed by atoms with E-state index < -0.39 is 18.0 Å². The lowest BCUT2D eigenvalue weighted by molar-refractivity contribution is -0.146. The highest BCUT2D eigenvalue weighted by Gasteiger charge is 2.35. The molecule has 0 heterocycles. The quantitative estimate of drug-likeness (QED) is 0.0623. The van der Waals surface area contributed by atoms with Crippen LogP contribution in [-0.2, 0) is 9.59 Å². The van der Waals surface area contributed by atoms with Gasteiger partial charge in [-0.25, -0.2) is 0 Å². The van der Waals surface area contributed by atoms with Gasteiger partial charge in [-0.05, 0) is 43.9 Å². The van der Waals surface area contributed by atoms with Gasteiger partial charge in [-0.15, -0.1) is 0 Å². The molecule has 1 unspecified atom stereocenters. The van der Waals surface area contributed by atoms with Crippen molar-refractivity contribution >= 4 is 11.8 Å². The SMILES string of the molecule is CCC(C)C(=O)CCCCCCCCCCCCCCCCCC[C@H]1C[C@H]1CCCCCCCCCCCCCCC[C@@H](O)[C@@H](CC)C(=O)O. The van der Waals surface area contributed by atoms with E-state index in [4.69, 9.17) is 5.11 Å². The fourth-order valence-electron chi connectivity index (χ4n) is 8.19. The van der Waals surface area contributed by atoms with Gasteiger partial charge in [-0.2, -0.15) is 0 Å². The highest BCUT2D eigenvalue weighted by atomic mass is 16.4. The number of unbranched alkanes of at least 4 members (excludes halogenated alkanes) is 27. The molecule has 1 fully saturated rings. The molecule has 0 aromatic carbocycles. The van der Waals surface area contributed by atoms with E-state index in [1.54, 1.807) is 0 Å². The molecule has 1 aliphatic rings. The number of carbonyl (C=O) groups excluding carboxylic acids is 1. The lowest BCUT2D eigenvalue weighted by Crippen LogP contribution is -2.27. The average Bonchev–Trinajstić information content (AvgIpc) is 3.86. The number of carboxylic acid groups (broad SMARTS) is 1.